The zero-order valence-electron chi connectivity index (χ0n) is 14.6. The molecule has 0 aliphatic rings. The number of fused-ring (bicyclic) bond motifs is 1. The molecule has 2 heterocycles. The average molecular weight is 391 g/mol. The minimum absolute atomic E-state index is 0.0283. The molecule has 27 heavy (non-hydrogen) atoms. The van der Waals surface area contributed by atoms with Crippen LogP contribution in [-0.4, -0.2) is 34.1 Å². The summed E-state index contributed by atoms with van der Waals surface area (Å²) in [6.07, 6.45) is 1.24. The monoisotopic (exact) mass is 390 g/mol. The van der Waals surface area contributed by atoms with E-state index < -0.39 is 5.82 Å². The maximum Gasteiger partial charge on any atom is 0.293 e. The van der Waals surface area contributed by atoms with Gasteiger partial charge in [0.1, 0.15) is 0 Å². The highest BCUT2D eigenvalue weighted by molar-refractivity contribution is 6.28. The van der Waals surface area contributed by atoms with Crippen molar-refractivity contribution in [3.8, 4) is 5.75 Å². The van der Waals surface area contributed by atoms with E-state index >= 15 is 0 Å². The largest absolute Gasteiger partial charge is 0.478 e. The lowest BCUT2D eigenvalue weighted by atomic mass is 10.1. The third-order valence-electron chi connectivity index (χ3n) is 4.05. The third kappa shape index (κ3) is 4.06. The fraction of sp³-hybridized carbons (Fsp3) is 0.222. The second-order valence-corrected chi connectivity index (χ2v) is 6.18. The Kier molecular flexibility index (Phi) is 5.36. The number of benzene rings is 1. The summed E-state index contributed by atoms with van der Waals surface area (Å²) in [6, 6.07) is 6.90. The maximum absolute atomic E-state index is 13.9. The minimum Gasteiger partial charge on any atom is -0.478 e. The number of hydrogen-bond donors (Lipinski definition) is 1. The smallest absolute Gasteiger partial charge is 0.293 e. The van der Waals surface area contributed by atoms with Crippen molar-refractivity contribution < 1.29 is 13.9 Å². The number of likely N-dealkylation sites (N-methyl/N-ethyl adjacent to an activating group) is 1. The number of aryl methyl sites for hydroxylation is 1. The molecule has 7 nitrogen and oxygen atoms in total. The van der Waals surface area contributed by atoms with Gasteiger partial charge in [0.05, 0.1) is 17.4 Å². The van der Waals surface area contributed by atoms with E-state index in [0.717, 1.165) is 11.8 Å². The van der Waals surface area contributed by atoms with Crippen molar-refractivity contribution in [1.29, 1.82) is 0 Å². The average Bonchev–Trinajstić information content (AvgIpc) is 2.66. The van der Waals surface area contributed by atoms with E-state index in [2.05, 4.69) is 15.3 Å². The van der Waals surface area contributed by atoms with Crippen LogP contribution >= 0.6 is 11.6 Å². The summed E-state index contributed by atoms with van der Waals surface area (Å²) in [7, 11) is 3.09. The molecule has 0 atom stereocenters. The lowest BCUT2D eigenvalue weighted by Gasteiger charge is -2.11. The number of halogens is 2. The molecule has 9 heteroatoms. The second kappa shape index (κ2) is 7.71. The minimum atomic E-state index is -0.547. The first-order valence-electron chi connectivity index (χ1n) is 8.02. The predicted octanol–water partition coefficient (Wildman–Crippen LogP) is 1.84. The molecule has 0 radical (unpaired) electrons. The zero-order valence-corrected chi connectivity index (χ0v) is 15.4. The normalized spacial score (nSPS) is 10.8. The highest BCUT2D eigenvalue weighted by Crippen LogP contribution is 2.21. The van der Waals surface area contributed by atoms with E-state index in [1.807, 2.05) is 0 Å². The molecule has 3 aromatic rings. The van der Waals surface area contributed by atoms with Crippen LogP contribution in [0.3, 0.4) is 0 Å². The van der Waals surface area contributed by atoms with Crippen molar-refractivity contribution in [1.82, 2.24) is 19.9 Å². The maximum atomic E-state index is 13.9. The lowest BCUT2D eigenvalue weighted by molar-refractivity contribution is -0.122. The zero-order chi connectivity index (χ0) is 19.6. The van der Waals surface area contributed by atoms with Crippen LogP contribution in [0, 0.1) is 5.82 Å². The number of hydrogen-bond acceptors (Lipinski definition) is 5. The van der Waals surface area contributed by atoms with Gasteiger partial charge in [-0.05, 0) is 35.4 Å². The molecule has 0 saturated heterocycles. The van der Waals surface area contributed by atoms with E-state index in [1.54, 1.807) is 31.3 Å². The van der Waals surface area contributed by atoms with Crippen molar-refractivity contribution in [2.24, 2.45) is 7.05 Å². The Morgan fingerprint density at radius 2 is 2.15 bits per heavy atom. The van der Waals surface area contributed by atoms with E-state index in [-0.39, 0.29) is 41.2 Å². The van der Waals surface area contributed by atoms with Crippen LogP contribution in [0.25, 0.3) is 10.9 Å². The number of rotatable bonds is 5. The van der Waals surface area contributed by atoms with Crippen molar-refractivity contribution in [2.45, 2.75) is 6.42 Å². The van der Waals surface area contributed by atoms with Crippen molar-refractivity contribution in [3.63, 3.8) is 0 Å². The number of nitrogens with one attached hydrogen (secondary N) is 1. The topological polar surface area (TPSA) is 86.1 Å². The molecule has 1 amide bonds. The quantitative estimate of drug-likeness (QED) is 0.672. The Hall–Kier alpha value is -3.00. The van der Waals surface area contributed by atoms with E-state index in [0.29, 0.717) is 10.9 Å². The molecule has 0 bridgehead atoms. The number of amides is 1. The molecule has 0 aliphatic heterocycles. The molecule has 2 aromatic heterocycles. The SMILES string of the molecule is CNC(=O)COc1cc2cc(Cc3nc(Cl)ncc3F)ccc2n(C)c1=O. The van der Waals surface area contributed by atoms with Crippen molar-refractivity contribution >= 4 is 28.4 Å². The Labute approximate surface area is 158 Å². The predicted molar refractivity (Wildman–Crippen MR) is 98.6 cm³/mol. The van der Waals surface area contributed by atoms with Gasteiger partial charge in [0.15, 0.2) is 18.2 Å². The second-order valence-electron chi connectivity index (χ2n) is 5.84. The van der Waals surface area contributed by atoms with Gasteiger partial charge in [-0.15, -0.1) is 0 Å². The fourth-order valence-electron chi connectivity index (χ4n) is 2.63. The number of aromatic nitrogens is 3. The van der Waals surface area contributed by atoms with Crippen LogP contribution in [0.5, 0.6) is 5.75 Å². The molecule has 0 aliphatic carbocycles. The van der Waals surface area contributed by atoms with Gasteiger partial charge in [-0.25, -0.2) is 14.4 Å². The highest BCUT2D eigenvalue weighted by atomic mass is 35.5. The number of carbonyl (C=O) groups excluding carboxylic acids is 1. The molecular weight excluding hydrogens is 375 g/mol. The molecule has 0 saturated carbocycles. The summed E-state index contributed by atoms with van der Waals surface area (Å²) in [5.41, 5.74) is 1.27. The molecule has 0 unspecified atom stereocenters. The van der Waals surface area contributed by atoms with Gasteiger partial charge in [0.2, 0.25) is 5.28 Å². The van der Waals surface area contributed by atoms with Crippen LogP contribution in [0.15, 0.2) is 35.3 Å². The van der Waals surface area contributed by atoms with Crippen LogP contribution in [0.2, 0.25) is 5.28 Å². The Bertz CT molecular complexity index is 1080. The van der Waals surface area contributed by atoms with Gasteiger partial charge in [0.25, 0.3) is 11.5 Å². The molecule has 1 aromatic carbocycles. The Morgan fingerprint density at radius 1 is 1.37 bits per heavy atom. The van der Waals surface area contributed by atoms with Gasteiger partial charge in [-0.1, -0.05) is 6.07 Å². The summed E-state index contributed by atoms with van der Waals surface area (Å²) < 4.78 is 20.6. The van der Waals surface area contributed by atoms with Gasteiger partial charge in [0, 0.05) is 25.9 Å². The van der Waals surface area contributed by atoms with E-state index in [1.165, 1.54) is 11.6 Å². The highest BCUT2D eigenvalue weighted by Gasteiger charge is 2.12. The summed E-state index contributed by atoms with van der Waals surface area (Å²) in [4.78, 5) is 31.2. The van der Waals surface area contributed by atoms with E-state index in [9.17, 15) is 14.0 Å². The van der Waals surface area contributed by atoms with Gasteiger partial charge in [-0.3, -0.25) is 9.59 Å². The molecular formula is C18H16ClFN4O3. The Morgan fingerprint density at radius 3 is 2.89 bits per heavy atom. The van der Waals surface area contributed by atoms with Gasteiger partial charge >= 0.3 is 0 Å². The Balaban J connectivity index is 1.98. The summed E-state index contributed by atoms with van der Waals surface area (Å²) >= 11 is 5.73. The number of ether oxygens (including phenoxy) is 1. The first-order valence-corrected chi connectivity index (χ1v) is 8.40. The standard InChI is InChI=1S/C18H16ClFN4O3/c1-21-16(25)9-27-15-7-11-5-10(3-4-14(11)24(2)17(15)26)6-13-12(20)8-22-18(19)23-13/h3-5,7-8H,6,9H2,1-2H3,(H,21,25). The molecule has 0 spiro atoms. The first kappa shape index (κ1) is 18.8. The van der Waals surface area contributed by atoms with Crippen LogP contribution in [-0.2, 0) is 18.3 Å². The summed E-state index contributed by atoms with van der Waals surface area (Å²) in [6.45, 7) is -0.262. The summed E-state index contributed by atoms with van der Waals surface area (Å²) in [5, 5.41) is 3.10. The molecule has 3 rings (SSSR count). The van der Waals surface area contributed by atoms with Crippen LogP contribution in [0.1, 0.15) is 11.3 Å². The number of nitrogens with zero attached hydrogens (tertiary/aromatic N) is 3. The van der Waals surface area contributed by atoms with Gasteiger partial charge in [-0.2, -0.15) is 0 Å². The molecule has 1 N–H and O–H groups in total. The van der Waals surface area contributed by atoms with Gasteiger partial charge < -0.3 is 14.6 Å². The van der Waals surface area contributed by atoms with Crippen LogP contribution in [0.4, 0.5) is 4.39 Å². The third-order valence-corrected chi connectivity index (χ3v) is 4.23. The van der Waals surface area contributed by atoms with Crippen molar-refractivity contribution in [2.75, 3.05) is 13.7 Å². The van der Waals surface area contributed by atoms with Crippen LogP contribution < -0.4 is 15.6 Å². The number of carbonyl (C=O) groups is 1. The summed E-state index contributed by atoms with van der Waals surface area (Å²) in [5.74, 6) is -0.835. The molecule has 0 fully saturated rings. The van der Waals surface area contributed by atoms with E-state index in [4.69, 9.17) is 16.3 Å². The number of pyridine rings is 1. The lowest BCUT2D eigenvalue weighted by Crippen LogP contribution is -2.27. The molecule has 140 valence electrons. The van der Waals surface area contributed by atoms with Crippen molar-refractivity contribution in [3.05, 3.63) is 63.2 Å². The fourth-order valence-corrected chi connectivity index (χ4v) is 2.78. The first-order chi connectivity index (χ1) is 12.9.